The molecular formula is C59H54BBrN6O20. The van der Waals surface area contributed by atoms with Gasteiger partial charge in [0, 0.05) is 58.2 Å². The third-order valence-corrected chi connectivity index (χ3v) is 11.8. The number of nitrogens with zero attached hydrogens (tertiary/aromatic N) is 3. The molecule has 0 atom stereocenters. The van der Waals surface area contributed by atoms with Gasteiger partial charge in [-0.05, 0) is 113 Å². The molecule has 3 aromatic carbocycles. The number of aromatic nitrogens is 3. The molecule has 9 aromatic rings. The largest absolute Gasteiger partial charge is 0.506 e. The number of benzene rings is 3. The highest BCUT2D eigenvalue weighted by Crippen LogP contribution is 2.33. The summed E-state index contributed by atoms with van der Waals surface area (Å²) in [6.07, 6.45) is 9.53. The minimum atomic E-state index is -1.40. The minimum Gasteiger partial charge on any atom is -0.506 e. The molecule has 0 saturated carbocycles. The summed E-state index contributed by atoms with van der Waals surface area (Å²) in [5, 5.41) is 63.6. The fourth-order valence-corrected chi connectivity index (χ4v) is 7.90. The van der Waals surface area contributed by atoms with Gasteiger partial charge < -0.3 is 69.1 Å². The highest BCUT2D eigenvalue weighted by molar-refractivity contribution is 9.10. The highest BCUT2D eigenvalue weighted by Gasteiger charge is 2.26. The molecule has 0 unspecified atom stereocenters. The Morgan fingerprint density at radius 2 is 0.862 bits per heavy atom. The van der Waals surface area contributed by atoms with Crippen molar-refractivity contribution in [3.05, 3.63) is 181 Å². The first-order valence-electron chi connectivity index (χ1n) is 25.6. The van der Waals surface area contributed by atoms with E-state index in [1.165, 1.54) is 24.4 Å². The smallest absolute Gasteiger partial charge is 0.490 e. The second kappa shape index (κ2) is 28.8. The molecule has 450 valence electrons. The number of fused-ring (bicyclic) bond motifs is 3. The normalized spacial score (nSPS) is 10.9. The first kappa shape index (κ1) is 65.6. The predicted octanol–water partition coefficient (Wildman–Crippen LogP) is 5.10. The van der Waals surface area contributed by atoms with E-state index in [0.29, 0.717) is 15.5 Å². The Morgan fingerprint density at radius 1 is 0.506 bits per heavy atom. The zero-order valence-electron chi connectivity index (χ0n) is 46.9. The Bertz CT molecular complexity index is 4210. The Labute approximate surface area is 500 Å². The van der Waals surface area contributed by atoms with Crippen molar-refractivity contribution in [2.24, 2.45) is 0 Å². The van der Waals surface area contributed by atoms with Crippen LogP contribution in [0.3, 0.4) is 0 Å². The summed E-state index contributed by atoms with van der Waals surface area (Å²) in [4.78, 5) is 118. The number of hydrogen-bond acceptors (Lipinski definition) is 22. The van der Waals surface area contributed by atoms with Crippen LogP contribution in [0.25, 0.3) is 55.2 Å². The van der Waals surface area contributed by atoms with Gasteiger partial charge in [-0.25, -0.2) is 14.4 Å². The van der Waals surface area contributed by atoms with E-state index in [0.717, 1.165) is 16.7 Å². The number of carbonyl (C=O) groups excluding carboxylic acids is 5. The van der Waals surface area contributed by atoms with Crippen molar-refractivity contribution in [1.82, 2.24) is 30.9 Å². The average molecular weight is 1260 g/mol. The maximum atomic E-state index is 12.3. The van der Waals surface area contributed by atoms with Crippen LogP contribution in [-0.4, -0.2) is 119 Å². The van der Waals surface area contributed by atoms with Gasteiger partial charge >= 0.3 is 41.9 Å². The van der Waals surface area contributed by atoms with Crippen LogP contribution in [0.1, 0.15) is 72.6 Å². The van der Waals surface area contributed by atoms with Crippen molar-refractivity contribution < 1.29 is 82.0 Å². The fourth-order valence-electron chi connectivity index (χ4n) is 7.56. The number of aromatic hydroxyl groups is 3. The molecule has 0 bridgehead atoms. The molecule has 26 nitrogen and oxygen atoms in total. The third kappa shape index (κ3) is 18.2. The molecule has 0 radical (unpaired) electrons. The minimum absolute atomic E-state index is 0.0960. The van der Waals surface area contributed by atoms with Crippen LogP contribution in [-0.2, 0) is 23.9 Å². The lowest BCUT2D eigenvalue weighted by Crippen LogP contribution is -2.36. The standard InChI is InChI=1S/C21H20N2O6.C17H12N2O6.C16H16BrNO6.C5H6BNO2/c1-21(2,3)29-16(24)11-23-19(26)17-18(25)14-7-6-12(9-15(14)28-20(17)27)13-5-4-8-22-10-13;20-13(21)8-19-16(23)14-15(22)11-4-3-9(6-12(11)25-17(14)24)10-2-1-5-18-7-10;1-16(2,3)24-11(19)7-18-14(21)12-13(20)9-5-4-8(17)6-10(9)23-15(12)22;8-6(9)5-2-1-3-7-4-5/h4-10,25H,11H2,1-3H3,(H,23,26);1-7,22H,8H2,(H,19,23)(H,20,21);4-6,20H,7H2,1-3H3,(H,18,21);1-4,8-9H. The first-order valence-corrected chi connectivity index (χ1v) is 26.4. The molecule has 0 saturated heterocycles. The number of nitrogens with one attached hydrogen (secondary N) is 3. The van der Waals surface area contributed by atoms with Crippen LogP contribution in [0, 0.1) is 0 Å². The number of carboxylic acids is 1. The first-order chi connectivity index (χ1) is 41.0. The van der Waals surface area contributed by atoms with E-state index in [9.17, 15) is 58.5 Å². The molecule has 6 heterocycles. The predicted molar refractivity (Wildman–Crippen MR) is 317 cm³/mol. The fraction of sp³-hybridized carbons (Fsp3) is 0.186. The van der Waals surface area contributed by atoms with Gasteiger partial charge in [-0.15, -0.1) is 0 Å². The number of halogens is 1. The van der Waals surface area contributed by atoms with E-state index in [-0.39, 0.29) is 32.9 Å². The zero-order chi connectivity index (χ0) is 63.9. The number of hydrogen-bond donors (Lipinski definition) is 9. The molecule has 0 aliphatic heterocycles. The van der Waals surface area contributed by atoms with Crippen molar-refractivity contribution in [2.75, 3.05) is 19.6 Å². The average Bonchev–Trinajstić information content (AvgIpc) is 1.25. The van der Waals surface area contributed by atoms with Gasteiger partial charge in [0.05, 0.1) is 16.2 Å². The number of carbonyl (C=O) groups is 6. The summed E-state index contributed by atoms with van der Waals surface area (Å²) in [6.45, 7) is 8.57. The molecule has 6 aromatic heterocycles. The van der Waals surface area contributed by atoms with Gasteiger partial charge in [-0.1, -0.05) is 46.3 Å². The summed E-state index contributed by atoms with van der Waals surface area (Å²) < 4.78 is 26.2. The Morgan fingerprint density at radius 3 is 1.18 bits per heavy atom. The highest BCUT2D eigenvalue weighted by atomic mass is 79.9. The van der Waals surface area contributed by atoms with E-state index in [2.05, 4.69) is 41.5 Å². The van der Waals surface area contributed by atoms with Gasteiger partial charge in [0.25, 0.3) is 17.7 Å². The molecule has 9 rings (SSSR count). The van der Waals surface area contributed by atoms with Crippen LogP contribution in [0.15, 0.2) is 160 Å². The number of ether oxygens (including phenoxy) is 2. The number of pyridine rings is 3. The van der Waals surface area contributed by atoms with Crippen molar-refractivity contribution >= 4 is 97.0 Å². The van der Waals surface area contributed by atoms with Gasteiger partial charge in [0.1, 0.15) is 64.8 Å². The van der Waals surface area contributed by atoms with Gasteiger partial charge in [0.15, 0.2) is 16.7 Å². The van der Waals surface area contributed by atoms with E-state index < -0.39 is 124 Å². The van der Waals surface area contributed by atoms with Gasteiger partial charge in [0.2, 0.25) is 0 Å². The van der Waals surface area contributed by atoms with Crippen LogP contribution < -0.4 is 38.3 Å². The second-order valence-electron chi connectivity index (χ2n) is 20.2. The number of esters is 2. The quantitative estimate of drug-likeness (QED) is 0.0436. The summed E-state index contributed by atoms with van der Waals surface area (Å²) >= 11 is 3.22. The summed E-state index contributed by atoms with van der Waals surface area (Å²) in [5.41, 5.74) is -2.45. The number of carboxylic acid groups (broad SMARTS) is 1. The Hall–Kier alpha value is -10.6. The second-order valence-corrected chi connectivity index (χ2v) is 21.1. The topological polar surface area (TPSA) is 408 Å². The number of rotatable bonds is 12. The van der Waals surface area contributed by atoms with Crippen LogP contribution in [0.2, 0.25) is 0 Å². The lowest BCUT2D eigenvalue weighted by molar-refractivity contribution is -0.154. The SMILES string of the molecule is CC(C)(C)OC(=O)CNC(=O)c1c(O)c2ccc(-c3cccnc3)cc2oc1=O.CC(C)(C)OC(=O)CNC(=O)c1c(O)c2ccc(Br)cc2oc1=O.O=C(O)CNC(=O)c1c(O)c2ccc(-c3cccnc3)cc2oc1=O.OB(O)c1cccnc1. The third-order valence-electron chi connectivity index (χ3n) is 11.3. The summed E-state index contributed by atoms with van der Waals surface area (Å²) in [7, 11) is -1.40. The summed E-state index contributed by atoms with van der Waals surface area (Å²) in [6, 6.07) is 24.6. The molecular weight excluding hydrogens is 1200 g/mol. The van der Waals surface area contributed by atoms with E-state index in [1.807, 2.05) is 17.4 Å². The van der Waals surface area contributed by atoms with Gasteiger partial charge in [-0.3, -0.25) is 43.7 Å². The van der Waals surface area contributed by atoms with Gasteiger partial charge in [-0.2, -0.15) is 0 Å². The van der Waals surface area contributed by atoms with Crippen molar-refractivity contribution in [2.45, 2.75) is 52.7 Å². The molecule has 3 amide bonds. The van der Waals surface area contributed by atoms with Crippen LogP contribution in [0.5, 0.6) is 17.2 Å². The number of aliphatic carboxylic acids is 1. The van der Waals surface area contributed by atoms with E-state index >= 15 is 0 Å². The number of amides is 3. The lowest BCUT2D eigenvalue weighted by Gasteiger charge is -2.19. The molecule has 0 fully saturated rings. The molecule has 0 spiro atoms. The summed E-state index contributed by atoms with van der Waals surface area (Å²) in [5.74, 6) is -7.07. The van der Waals surface area contributed by atoms with Crippen molar-refractivity contribution in [1.29, 1.82) is 0 Å². The molecule has 87 heavy (non-hydrogen) atoms. The maximum absolute atomic E-state index is 12.3. The van der Waals surface area contributed by atoms with E-state index in [1.54, 1.807) is 133 Å². The van der Waals surface area contributed by atoms with E-state index in [4.69, 9.17) is 37.9 Å². The Balaban J connectivity index is 0.000000195. The zero-order valence-corrected chi connectivity index (χ0v) is 48.5. The maximum Gasteiger partial charge on any atom is 0.490 e. The molecule has 0 aliphatic rings. The van der Waals surface area contributed by atoms with Crippen molar-refractivity contribution in [3.63, 3.8) is 0 Å². The lowest BCUT2D eigenvalue weighted by atomic mass is 9.82. The molecule has 9 N–H and O–H groups in total. The van der Waals surface area contributed by atoms with Crippen molar-refractivity contribution in [3.8, 4) is 39.5 Å². The monoisotopic (exact) mass is 1260 g/mol. The molecule has 28 heteroatoms. The molecule has 0 aliphatic carbocycles. The van der Waals surface area contributed by atoms with Crippen LogP contribution in [0.4, 0.5) is 0 Å². The van der Waals surface area contributed by atoms with Crippen LogP contribution >= 0.6 is 15.9 Å². The Kier molecular flexibility index (Phi) is 21.7.